The predicted molar refractivity (Wildman–Crippen MR) is 89.3 cm³/mol. The lowest BCUT2D eigenvalue weighted by Crippen LogP contribution is -2.10. The molecule has 1 aromatic carbocycles. The van der Waals surface area contributed by atoms with Crippen LogP contribution in [0.4, 0.5) is 0 Å². The highest BCUT2D eigenvalue weighted by Gasteiger charge is 2.16. The number of carbonyl (C=O) groups is 1. The summed E-state index contributed by atoms with van der Waals surface area (Å²) in [4.78, 5) is 20.6. The Morgan fingerprint density at radius 3 is 2.73 bits per heavy atom. The second-order valence-electron chi connectivity index (χ2n) is 4.39. The molecule has 5 nitrogen and oxygen atoms in total. The van der Waals surface area contributed by atoms with E-state index in [0.717, 1.165) is 10.6 Å². The maximum absolute atomic E-state index is 11.6. The number of hydrogen-bond acceptors (Lipinski definition) is 5. The van der Waals surface area contributed by atoms with Gasteiger partial charge in [-0.2, -0.15) is 0 Å². The molecule has 0 radical (unpaired) electrons. The van der Waals surface area contributed by atoms with Gasteiger partial charge in [-0.3, -0.25) is 9.79 Å². The van der Waals surface area contributed by atoms with Gasteiger partial charge in [-0.1, -0.05) is 36.4 Å². The van der Waals surface area contributed by atoms with Crippen molar-refractivity contribution in [1.29, 1.82) is 0 Å². The minimum Gasteiger partial charge on any atom is -0.481 e. The molecule has 1 heterocycles. The van der Waals surface area contributed by atoms with Crippen LogP contribution in [0.15, 0.2) is 47.5 Å². The second kappa shape index (κ2) is 7.51. The average molecular weight is 315 g/mol. The standard InChI is InChI=1S/C16H17N3O2S/c1-18-12(21-2)9-6-10-13-19-14(15(22-13)16(17)20)11-7-4-3-5-8-11/h3-9H,10H2,1-2H3,(H2,17,20)/b9-6-,18-12?. The summed E-state index contributed by atoms with van der Waals surface area (Å²) in [5.74, 6) is 0.0780. The number of nitrogens with zero attached hydrogens (tertiary/aromatic N) is 2. The van der Waals surface area contributed by atoms with Gasteiger partial charge in [-0.15, -0.1) is 11.3 Å². The maximum Gasteiger partial charge on any atom is 0.261 e. The van der Waals surface area contributed by atoms with Crippen LogP contribution >= 0.6 is 11.3 Å². The Morgan fingerprint density at radius 2 is 2.14 bits per heavy atom. The predicted octanol–water partition coefficient (Wildman–Crippen LogP) is 2.68. The van der Waals surface area contributed by atoms with Crippen molar-refractivity contribution in [2.75, 3.05) is 14.2 Å². The van der Waals surface area contributed by atoms with E-state index in [1.807, 2.05) is 36.4 Å². The SMILES string of the molecule is CN=C(/C=C\Cc1nc(-c2ccccc2)c(C(N)=O)s1)OC. The molecule has 0 bridgehead atoms. The van der Waals surface area contributed by atoms with E-state index in [4.69, 9.17) is 10.5 Å². The molecule has 0 atom stereocenters. The number of aliphatic imine (C=N–C) groups is 1. The first-order valence-electron chi connectivity index (χ1n) is 6.68. The fourth-order valence-corrected chi connectivity index (χ4v) is 2.82. The summed E-state index contributed by atoms with van der Waals surface area (Å²) in [5.41, 5.74) is 6.98. The van der Waals surface area contributed by atoms with E-state index in [0.29, 0.717) is 22.9 Å². The maximum atomic E-state index is 11.6. The van der Waals surface area contributed by atoms with Gasteiger partial charge in [0.25, 0.3) is 5.91 Å². The van der Waals surface area contributed by atoms with Gasteiger partial charge in [0.15, 0.2) is 0 Å². The van der Waals surface area contributed by atoms with Crippen molar-refractivity contribution in [1.82, 2.24) is 4.98 Å². The molecule has 6 heteroatoms. The number of benzene rings is 1. The summed E-state index contributed by atoms with van der Waals surface area (Å²) in [6, 6.07) is 9.55. The largest absolute Gasteiger partial charge is 0.481 e. The molecule has 0 aliphatic carbocycles. The normalized spacial score (nSPS) is 11.8. The van der Waals surface area contributed by atoms with Crippen LogP contribution in [-0.4, -0.2) is 30.9 Å². The van der Waals surface area contributed by atoms with Gasteiger partial charge in [0.05, 0.1) is 17.8 Å². The summed E-state index contributed by atoms with van der Waals surface area (Å²) >= 11 is 1.31. The molecule has 2 N–H and O–H groups in total. The highest BCUT2D eigenvalue weighted by molar-refractivity contribution is 7.14. The number of allylic oxidation sites excluding steroid dienone is 1. The first-order chi connectivity index (χ1) is 10.7. The van der Waals surface area contributed by atoms with Gasteiger partial charge in [0, 0.05) is 19.0 Å². The molecule has 114 valence electrons. The van der Waals surface area contributed by atoms with E-state index in [1.54, 1.807) is 20.2 Å². The Bertz CT molecular complexity index is 705. The zero-order valence-electron chi connectivity index (χ0n) is 12.4. The molecular formula is C16H17N3O2S. The van der Waals surface area contributed by atoms with Crippen molar-refractivity contribution in [3.05, 3.63) is 52.4 Å². The van der Waals surface area contributed by atoms with Crippen molar-refractivity contribution in [3.63, 3.8) is 0 Å². The molecule has 1 amide bonds. The van der Waals surface area contributed by atoms with Crippen molar-refractivity contribution in [2.24, 2.45) is 10.7 Å². The molecule has 22 heavy (non-hydrogen) atoms. The lowest BCUT2D eigenvalue weighted by atomic mass is 10.1. The van der Waals surface area contributed by atoms with Crippen LogP contribution in [0.5, 0.6) is 0 Å². The Labute approximate surface area is 133 Å². The molecule has 0 aliphatic rings. The van der Waals surface area contributed by atoms with Crippen LogP contribution in [0.2, 0.25) is 0 Å². The number of ether oxygens (including phenoxy) is 1. The summed E-state index contributed by atoms with van der Waals surface area (Å²) in [5, 5.41) is 0.815. The molecule has 0 aliphatic heterocycles. The van der Waals surface area contributed by atoms with Gasteiger partial charge in [-0.05, 0) is 6.08 Å². The number of amides is 1. The molecule has 2 aromatic rings. The highest BCUT2D eigenvalue weighted by atomic mass is 32.1. The Balaban J connectivity index is 2.26. The third kappa shape index (κ3) is 3.79. The summed E-state index contributed by atoms with van der Waals surface area (Å²) < 4.78 is 5.05. The van der Waals surface area contributed by atoms with Crippen molar-refractivity contribution in [2.45, 2.75) is 6.42 Å². The topological polar surface area (TPSA) is 77.6 Å². The average Bonchev–Trinajstić information content (AvgIpc) is 2.97. The molecule has 1 aromatic heterocycles. The van der Waals surface area contributed by atoms with Crippen molar-refractivity contribution >= 4 is 23.1 Å². The van der Waals surface area contributed by atoms with E-state index < -0.39 is 5.91 Å². The van der Waals surface area contributed by atoms with Crippen molar-refractivity contribution < 1.29 is 9.53 Å². The van der Waals surface area contributed by atoms with Crippen LogP contribution in [-0.2, 0) is 11.2 Å². The molecule has 0 saturated heterocycles. The van der Waals surface area contributed by atoms with E-state index in [9.17, 15) is 4.79 Å². The molecule has 0 saturated carbocycles. The smallest absolute Gasteiger partial charge is 0.261 e. The van der Waals surface area contributed by atoms with Crippen LogP contribution in [0.3, 0.4) is 0 Å². The van der Waals surface area contributed by atoms with Crippen LogP contribution in [0.1, 0.15) is 14.7 Å². The zero-order valence-corrected chi connectivity index (χ0v) is 13.3. The van der Waals surface area contributed by atoms with E-state index in [1.165, 1.54) is 11.3 Å². The molecular weight excluding hydrogens is 298 g/mol. The van der Waals surface area contributed by atoms with E-state index in [-0.39, 0.29) is 0 Å². The number of aromatic nitrogens is 1. The lowest BCUT2D eigenvalue weighted by molar-refractivity contribution is 0.100. The van der Waals surface area contributed by atoms with Gasteiger partial charge < -0.3 is 10.5 Å². The Morgan fingerprint density at radius 1 is 1.41 bits per heavy atom. The lowest BCUT2D eigenvalue weighted by Gasteiger charge is -1.98. The fourth-order valence-electron chi connectivity index (χ4n) is 1.90. The number of hydrogen-bond donors (Lipinski definition) is 1. The highest BCUT2D eigenvalue weighted by Crippen LogP contribution is 2.28. The fraction of sp³-hybridized carbons (Fsp3) is 0.188. The summed E-state index contributed by atoms with van der Waals surface area (Å²) in [6.45, 7) is 0. The zero-order chi connectivity index (χ0) is 15.9. The van der Waals surface area contributed by atoms with Gasteiger partial charge in [0.1, 0.15) is 4.88 Å². The van der Waals surface area contributed by atoms with E-state index in [2.05, 4.69) is 9.98 Å². The van der Waals surface area contributed by atoms with Gasteiger partial charge in [0.2, 0.25) is 5.90 Å². The monoisotopic (exact) mass is 315 g/mol. The minimum absolute atomic E-state index is 0.459. The first-order valence-corrected chi connectivity index (χ1v) is 7.49. The van der Waals surface area contributed by atoms with Crippen LogP contribution in [0, 0.1) is 0 Å². The quantitative estimate of drug-likeness (QED) is 0.680. The molecule has 2 rings (SSSR count). The third-order valence-corrected chi connectivity index (χ3v) is 4.02. The number of carbonyl (C=O) groups excluding carboxylic acids is 1. The molecule has 0 spiro atoms. The second-order valence-corrected chi connectivity index (χ2v) is 5.47. The summed E-state index contributed by atoms with van der Waals surface area (Å²) in [7, 11) is 3.22. The van der Waals surface area contributed by atoms with Gasteiger partial charge in [-0.25, -0.2) is 4.98 Å². The number of methoxy groups -OCH3 is 1. The number of primary amides is 1. The van der Waals surface area contributed by atoms with Crippen LogP contribution < -0.4 is 5.73 Å². The van der Waals surface area contributed by atoms with Crippen LogP contribution in [0.25, 0.3) is 11.3 Å². The Kier molecular flexibility index (Phi) is 5.43. The summed E-state index contributed by atoms with van der Waals surface area (Å²) in [6.07, 6.45) is 4.25. The number of rotatable bonds is 5. The molecule has 0 unspecified atom stereocenters. The Hall–Kier alpha value is -2.47. The number of nitrogens with two attached hydrogens (primary N) is 1. The minimum atomic E-state index is -0.459. The molecule has 0 fully saturated rings. The number of thiazole rings is 1. The van der Waals surface area contributed by atoms with Gasteiger partial charge >= 0.3 is 0 Å². The third-order valence-electron chi connectivity index (χ3n) is 2.92. The van der Waals surface area contributed by atoms with E-state index >= 15 is 0 Å². The van der Waals surface area contributed by atoms with Crippen molar-refractivity contribution in [3.8, 4) is 11.3 Å². The first kappa shape index (κ1) is 15.9.